The van der Waals surface area contributed by atoms with E-state index in [2.05, 4.69) is 4.74 Å². The first-order valence-electron chi connectivity index (χ1n) is 6.39. The molecule has 1 fully saturated rings. The fourth-order valence-electron chi connectivity index (χ4n) is 2.44. The first-order valence-corrected chi connectivity index (χ1v) is 8.21. The molecule has 116 valence electrons. The Morgan fingerprint density at radius 2 is 2.14 bits per heavy atom. The summed E-state index contributed by atoms with van der Waals surface area (Å²) in [7, 11) is -1.90. The van der Waals surface area contributed by atoms with Crippen molar-refractivity contribution in [3.8, 4) is 0 Å². The third-order valence-electron chi connectivity index (χ3n) is 3.50. The number of hydrogen-bond donors (Lipinski definition) is 1. The van der Waals surface area contributed by atoms with E-state index < -0.39 is 21.6 Å². The van der Waals surface area contributed by atoms with Crippen molar-refractivity contribution in [2.75, 3.05) is 35.8 Å². The number of nitrogens with two attached hydrogens (primary N) is 1. The van der Waals surface area contributed by atoms with Crippen LogP contribution in [0.4, 0.5) is 15.8 Å². The van der Waals surface area contributed by atoms with Gasteiger partial charge in [0.25, 0.3) is 0 Å². The Kier molecular flexibility index (Phi) is 4.08. The lowest BCUT2D eigenvalue weighted by molar-refractivity contribution is 0.0602. The predicted molar refractivity (Wildman–Crippen MR) is 77.6 cm³/mol. The van der Waals surface area contributed by atoms with E-state index >= 15 is 0 Å². The van der Waals surface area contributed by atoms with Crippen molar-refractivity contribution >= 4 is 27.2 Å². The van der Waals surface area contributed by atoms with Crippen LogP contribution in [0.25, 0.3) is 0 Å². The van der Waals surface area contributed by atoms with Crippen LogP contribution in [0.2, 0.25) is 0 Å². The second-order valence-corrected chi connectivity index (χ2v) is 7.27. The van der Waals surface area contributed by atoms with Gasteiger partial charge in [-0.25, -0.2) is 17.6 Å². The topological polar surface area (TPSA) is 89.7 Å². The Labute approximate surface area is 122 Å². The quantitative estimate of drug-likeness (QED) is 0.642. The van der Waals surface area contributed by atoms with Gasteiger partial charge in [-0.05, 0) is 19.1 Å². The number of nitrogens with zero attached hydrogens (tertiary/aromatic N) is 1. The molecule has 1 saturated heterocycles. The highest BCUT2D eigenvalue weighted by atomic mass is 32.2. The van der Waals surface area contributed by atoms with Gasteiger partial charge in [0.15, 0.2) is 9.84 Å². The van der Waals surface area contributed by atoms with E-state index in [0.717, 1.165) is 6.07 Å². The predicted octanol–water partition coefficient (Wildman–Crippen LogP) is 0.818. The molecule has 1 aliphatic heterocycles. The van der Waals surface area contributed by atoms with E-state index in [1.807, 2.05) is 0 Å². The second kappa shape index (κ2) is 5.51. The van der Waals surface area contributed by atoms with Gasteiger partial charge in [-0.15, -0.1) is 0 Å². The molecule has 0 aliphatic carbocycles. The molecule has 1 heterocycles. The molecule has 6 nitrogen and oxygen atoms in total. The summed E-state index contributed by atoms with van der Waals surface area (Å²) in [5.41, 5.74) is 5.83. The van der Waals surface area contributed by atoms with E-state index in [9.17, 15) is 17.6 Å². The summed E-state index contributed by atoms with van der Waals surface area (Å²) in [5.74, 6) is -1.35. The fourth-order valence-corrected chi connectivity index (χ4v) is 4.00. The van der Waals surface area contributed by atoms with E-state index in [1.165, 1.54) is 13.2 Å². The van der Waals surface area contributed by atoms with Gasteiger partial charge in [-0.1, -0.05) is 0 Å². The van der Waals surface area contributed by atoms with Gasteiger partial charge < -0.3 is 15.4 Å². The largest absolute Gasteiger partial charge is 0.465 e. The van der Waals surface area contributed by atoms with Crippen LogP contribution in [0, 0.1) is 5.82 Å². The average molecular weight is 316 g/mol. The van der Waals surface area contributed by atoms with Crippen molar-refractivity contribution in [1.29, 1.82) is 0 Å². The van der Waals surface area contributed by atoms with Gasteiger partial charge in [0.1, 0.15) is 5.82 Å². The number of anilines is 2. The van der Waals surface area contributed by atoms with Crippen LogP contribution in [0.5, 0.6) is 0 Å². The number of nitrogen functional groups attached to an aromatic ring is 1. The monoisotopic (exact) mass is 316 g/mol. The number of hydrogen-bond acceptors (Lipinski definition) is 6. The summed E-state index contributed by atoms with van der Waals surface area (Å²) in [6, 6.07) is 1.98. The molecule has 0 saturated carbocycles. The minimum absolute atomic E-state index is 0.0135. The molecule has 1 aliphatic rings. The molecule has 0 radical (unpaired) electrons. The number of rotatable bonds is 2. The van der Waals surface area contributed by atoms with Crippen molar-refractivity contribution in [3.63, 3.8) is 0 Å². The summed E-state index contributed by atoms with van der Waals surface area (Å²) in [5, 5.41) is 0. The molecule has 21 heavy (non-hydrogen) atoms. The van der Waals surface area contributed by atoms with Crippen molar-refractivity contribution in [2.45, 2.75) is 13.0 Å². The van der Waals surface area contributed by atoms with E-state index in [-0.39, 0.29) is 41.0 Å². The molecule has 2 N–H and O–H groups in total. The maximum absolute atomic E-state index is 14.1. The summed E-state index contributed by atoms with van der Waals surface area (Å²) in [6.45, 7) is 1.87. The third kappa shape index (κ3) is 3.10. The van der Waals surface area contributed by atoms with Gasteiger partial charge in [0, 0.05) is 18.3 Å². The number of esters is 1. The number of methoxy groups -OCH3 is 1. The van der Waals surface area contributed by atoms with Crippen LogP contribution in [0.3, 0.4) is 0 Å². The lowest BCUT2D eigenvalue weighted by atomic mass is 10.1. The minimum atomic E-state index is -3.11. The highest BCUT2D eigenvalue weighted by molar-refractivity contribution is 7.91. The zero-order valence-electron chi connectivity index (χ0n) is 11.8. The Morgan fingerprint density at radius 1 is 1.48 bits per heavy atom. The number of carbonyl (C=O) groups excluding carboxylic acids is 1. The van der Waals surface area contributed by atoms with Crippen LogP contribution < -0.4 is 10.6 Å². The van der Waals surface area contributed by atoms with Crippen molar-refractivity contribution < 1.29 is 22.3 Å². The standard InChI is InChI=1S/C13H17FN2O4S/c1-8-7-21(18,19)4-3-16(8)12-5-9(13(17)20-2)11(15)6-10(12)14/h5-6,8H,3-4,7,15H2,1-2H3. The third-order valence-corrected chi connectivity index (χ3v) is 5.30. The number of benzene rings is 1. The zero-order valence-corrected chi connectivity index (χ0v) is 12.6. The highest BCUT2D eigenvalue weighted by Crippen LogP contribution is 2.29. The molecule has 0 spiro atoms. The number of sulfone groups is 1. The molecular weight excluding hydrogens is 299 g/mol. The molecule has 0 aromatic heterocycles. The van der Waals surface area contributed by atoms with Crippen LogP contribution >= 0.6 is 0 Å². The van der Waals surface area contributed by atoms with Crippen LogP contribution in [-0.4, -0.2) is 45.6 Å². The molecule has 0 amide bonds. The molecule has 8 heteroatoms. The van der Waals surface area contributed by atoms with Gasteiger partial charge in [-0.3, -0.25) is 0 Å². The molecule has 2 rings (SSSR count). The first kappa shape index (κ1) is 15.6. The maximum atomic E-state index is 14.1. The van der Waals surface area contributed by atoms with Gasteiger partial charge in [-0.2, -0.15) is 0 Å². The SMILES string of the molecule is COC(=O)c1cc(N2CCS(=O)(=O)CC2C)c(F)cc1N. The van der Waals surface area contributed by atoms with Gasteiger partial charge in [0.05, 0.1) is 29.9 Å². The minimum Gasteiger partial charge on any atom is -0.465 e. The number of halogens is 1. The van der Waals surface area contributed by atoms with Gasteiger partial charge in [0.2, 0.25) is 0 Å². The average Bonchev–Trinajstić information content (AvgIpc) is 2.38. The normalized spacial score (nSPS) is 21.1. The van der Waals surface area contributed by atoms with Crippen LogP contribution in [-0.2, 0) is 14.6 Å². The highest BCUT2D eigenvalue weighted by Gasteiger charge is 2.30. The van der Waals surface area contributed by atoms with Crippen LogP contribution in [0.1, 0.15) is 17.3 Å². The summed E-state index contributed by atoms with van der Waals surface area (Å²) in [4.78, 5) is 13.3. The Balaban J connectivity index is 2.42. The van der Waals surface area contributed by atoms with Crippen molar-refractivity contribution in [2.24, 2.45) is 0 Å². The van der Waals surface area contributed by atoms with Crippen molar-refractivity contribution in [1.82, 2.24) is 0 Å². The zero-order chi connectivity index (χ0) is 15.8. The molecular formula is C13H17FN2O4S. The van der Waals surface area contributed by atoms with Crippen LogP contribution in [0.15, 0.2) is 12.1 Å². The summed E-state index contributed by atoms with van der Waals surface area (Å²) >= 11 is 0. The Hall–Kier alpha value is -1.83. The lowest BCUT2D eigenvalue weighted by Gasteiger charge is -2.35. The maximum Gasteiger partial charge on any atom is 0.340 e. The number of carbonyl (C=O) groups is 1. The lowest BCUT2D eigenvalue weighted by Crippen LogP contribution is -2.47. The summed E-state index contributed by atoms with van der Waals surface area (Å²) in [6.07, 6.45) is 0. The summed E-state index contributed by atoms with van der Waals surface area (Å²) < 4.78 is 41.9. The Morgan fingerprint density at radius 3 is 2.71 bits per heavy atom. The second-order valence-electron chi connectivity index (χ2n) is 5.04. The number of ether oxygens (including phenoxy) is 1. The smallest absolute Gasteiger partial charge is 0.340 e. The Bertz CT molecular complexity index is 675. The first-order chi connectivity index (χ1) is 9.75. The molecule has 1 unspecified atom stereocenters. The van der Waals surface area contributed by atoms with E-state index in [4.69, 9.17) is 5.73 Å². The van der Waals surface area contributed by atoms with Gasteiger partial charge >= 0.3 is 5.97 Å². The molecule has 1 aromatic carbocycles. The molecule has 1 atom stereocenters. The molecule has 1 aromatic rings. The van der Waals surface area contributed by atoms with E-state index in [0.29, 0.717) is 0 Å². The van der Waals surface area contributed by atoms with E-state index in [1.54, 1.807) is 11.8 Å². The fraction of sp³-hybridized carbons (Fsp3) is 0.462. The molecule has 0 bridgehead atoms. The van der Waals surface area contributed by atoms with Crippen molar-refractivity contribution in [3.05, 3.63) is 23.5 Å².